The highest BCUT2D eigenvalue weighted by Crippen LogP contribution is 2.28. The van der Waals surface area contributed by atoms with Gasteiger partial charge in [0, 0.05) is 19.1 Å². The molecule has 0 spiro atoms. The molecule has 2 aliphatic rings. The molecule has 0 bridgehead atoms. The molecule has 2 rings (SSSR count). The molecule has 0 aliphatic heterocycles. The molecule has 0 radical (unpaired) electrons. The second-order valence-electron chi connectivity index (χ2n) is 6.23. The van der Waals surface area contributed by atoms with Crippen molar-refractivity contribution >= 4 is 10.0 Å². The molecular formula is C14H28N2O2S. The molecule has 0 aromatic heterocycles. The third-order valence-electron chi connectivity index (χ3n) is 4.37. The molecule has 1 unspecified atom stereocenters. The normalized spacial score (nSPS) is 22.8. The van der Waals surface area contributed by atoms with Crippen molar-refractivity contribution in [2.75, 3.05) is 13.1 Å². The first-order valence-electron chi connectivity index (χ1n) is 7.80. The van der Waals surface area contributed by atoms with Gasteiger partial charge >= 0.3 is 0 Å². The molecule has 5 heteroatoms. The van der Waals surface area contributed by atoms with Crippen LogP contribution < -0.4 is 10.0 Å². The number of nitrogens with one attached hydrogen (secondary N) is 2. The molecule has 112 valence electrons. The van der Waals surface area contributed by atoms with Crippen LogP contribution in [0.15, 0.2) is 0 Å². The molecule has 19 heavy (non-hydrogen) atoms. The van der Waals surface area contributed by atoms with Crippen LogP contribution in [0.4, 0.5) is 0 Å². The Kier molecular flexibility index (Phi) is 5.66. The van der Waals surface area contributed by atoms with Crippen molar-refractivity contribution in [2.24, 2.45) is 5.92 Å². The lowest BCUT2D eigenvalue weighted by Gasteiger charge is -2.15. The lowest BCUT2D eigenvalue weighted by atomic mass is 10.0. The fraction of sp³-hybridized carbons (Fsp3) is 1.00. The van der Waals surface area contributed by atoms with Crippen LogP contribution in [0.25, 0.3) is 0 Å². The lowest BCUT2D eigenvalue weighted by Crippen LogP contribution is -2.39. The zero-order chi connectivity index (χ0) is 13.7. The number of hydrogen-bond acceptors (Lipinski definition) is 3. The van der Waals surface area contributed by atoms with E-state index in [1.807, 2.05) is 0 Å². The second kappa shape index (κ2) is 7.04. The van der Waals surface area contributed by atoms with E-state index in [1.165, 1.54) is 44.9 Å². The Bertz CT molecular complexity index is 360. The van der Waals surface area contributed by atoms with Gasteiger partial charge < -0.3 is 5.32 Å². The van der Waals surface area contributed by atoms with Gasteiger partial charge in [-0.15, -0.1) is 0 Å². The number of sulfonamides is 1. The standard InChI is InChI=1S/C14H28N2O2S/c1-12(11-15-14-8-9-14)19(17,18)16-10-4-7-13-5-2-3-6-13/h12-16H,2-11H2,1H3. The molecule has 2 aliphatic carbocycles. The van der Waals surface area contributed by atoms with Gasteiger partial charge in [0.2, 0.25) is 10.0 Å². The first kappa shape index (κ1) is 15.3. The molecule has 2 fully saturated rings. The van der Waals surface area contributed by atoms with Crippen LogP contribution in [-0.2, 0) is 10.0 Å². The van der Waals surface area contributed by atoms with Crippen molar-refractivity contribution in [1.29, 1.82) is 0 Å². The van der Waals surface area contributed by atoms with E-state index in [2.05, 4.69) is 10.0 Å². The molecule has 0 saturated heterocycles. The molecule has 0 amide bonds. The van der Waals surface area contributed by atoms with Gasteiger partial charge in [-0.25, -0.2) is 13.1 Å². The average molecular weight is 288 g/mol. The maximum Gasteiger partial charge on any atom is 0.215 e. The van der Waals surface area contributed by atoms with Crippen LogP contribution in [0.5, 0.6) is 0 Å². The largest absolute Gasteiger partial charge is 0.313 e. The maximum absolute atomic E-state index is 12.0. The second-order valence-corrected chi connectivity index (χ2v) is 8.41. The average Bonchev–Trinajstić information content (AvgIpc) is 3.06. The molecular weight excluding hydrogens is 260 g/mol. The molecule has 2 N–H and O–H groups in total. The predicted molar refractivity (Wildman–Crippen MR) is 78.6 cm³/mol. The topological polar surface area (TPSA) is 58.2 Å². The SMILES string of the molecule is CC(CNC1CC1)S(=O)(=O)NCCCC1CCCC1. The van der Waals surface area contributed by atoms with E-state index in [4.69, 9.17) is 0 Å². The summed E-state index contributed by atoms with van der Waals surface area (Å²) in [6, 6.07) is 0.569. The van der Waals surface area contributed by atoms with E-state index in [9.17, 15) is 8.42 Å². The number of rotatable bonds is 9. The van der Waals surface area contributed by atoms with E-state index in [0.717, 1.165) is 12.3 Å². The van der Waals surface area contributed by atoms with Gasteiger partial charge in [-0.05, 0) is 38.5 Å². The third-order valence-corrected chi connectivity index (χ3v) is 6.20. The van der Waals surface area contributed by atoms with E-state index in [0.29, 0.717) is 19.1 Å². The highest BCUT2D eigenvalue weighted by atomic mass is 32.2. The molecule has 0 aromatic rings. The van der Waals surface area contributed by atoms with Crippen LogP contribution in [0.3, 0.4) is 0 Å². The van der Waals surface area contributed by atoms with Crippen LogP contribution in [0, 0.1) is 5.92 Å². The third kappa shape index (κ3) is 5.40. The van der Waals surface area contributed by atoms with Crippen molar-refractivity contribution in [3.05, 3.63) is 0 Å². The zero-order valence-electron chi connectivity index (χ0n) is 12.0. The van der Waals surface area contributed by atoms with Gasteiger partial charge in [0.1, 0.15) is 0 Å². The van der Waals surface area contributed by atoms with Crippen LogP contribution in [-0.4, -0.2) is 32.8 Å². The van der Waals surface area contributed by atoms with Gasteiger partial charge in [0.05, 0.1) is 5.25 Å². The minimum Gasteiger partial charge on any atom is -0.313 e. The van der Waals surface area contributed by atoms with E-state index in [-0.39, 0.29) is 5.25 Å². The van der Waals surface area contributed by atoms with Gasteiger partial charge in [0.25, 0.3) is 0 Å². The molecule has 0 aromatic carbocycles. The Morgan fingerprint density at radius 3 is 2.47 bits per heavy atom. The highest BCUT2D eigenvalue weighted by Gasteiger charge is 2.25. The quantitative estimate of drug-likeness (QED) is 0.638. The van der Waals surface area contributed by atoms with Gasteiger partial charge in [-0.3, -0.25) is 0 Å². The van der Waals surface area contributed by atoms with Crippen molar-refractivity contribution in [3.8, 4) is 0 Å². The van der Waals surface area contributed by atoms with Crippen LogP contribution in [0.2, 0.25) is 0 Å². The summed E-state index contributed by atoms with van der Waals surface area (Å²) in [7, 11) is -3.14. The van der Waals surface area contributed by atoms with E-state index in [1.54, 1.807) is 6.92 Å². The summed E-state index contributed by atoms with van der Waals surface area (Å²) in [6.45, 7) is 2.96. The van der Waals surface area contributed by atoms with Crippen molar-refractivity contribution < 1.29 is 8.42 Å². The summed E-state index contributed by atoms with van der Waals surface area (Å²) in [5.74, 6) is 0.846. The summed E-state index contributed by atoms with van der Waals surface area (Å²) in [5, 5.41) is 2.94. The Morgan fingerprint density at radius 2 is 1.84 bits per heavy atom. The van der Waals surface area contributed by atoms with Gasteiger partial charge in [0.15, 0.2) is 0 Å². The Morgan fingerprint density at radius 1 is 1.16 bits per heavy atom. The van der Waals surface area contributed by atoms with Gasteiger partial charge in [-0.2, -0.15) is 0 Å². The molecule has 1 atom stereocenters. The summed E-state index contributed by atoms with van der Waals surface area (Å²) < 4.78 is 26.8. The summed E-state index contributed by atoms with van der Waals surface area (Å²) in [4.78, 5) is 0. The summed E-state index contributed by atoms with van der Waals surface area (Å²) >= 11 is 0. The minimum atomic E-state index is -3.14. The molecule has 4 nitrogen and oxygen atoms in total. The lowest BCUT2D eigenvalue weighted by molar-refractivity contribution is 0.479. The van der Waals surface area contributed by atoms with Crippen LogP contribution >= 0.6 is 0 Å². The zero-order valence-corrected chi connectivity index (χ0v) is 12.8. The fourth-order valence-electron chi connectivity index (χ4n) is 2.78. The fourth-order valence-corrected chi connectivity index (χ4v) is 3.81. The van der Waals surface area contributed by atoms with E-state index >= 15 is 0 Å². The first-order chi connectivity index (χ1) is 9.08. The predicted octanol–water partition coefficient (Wildman–Crippen LogP) is 2.02. The Labute approximate surface area is 117 Å². The van der Waals surface area contributed by atoms with Crippen molar-refractivity contribution in [1.82, 2.24) is 10.0 Å². The van der Waals surface area contributed by atoms with E-state index < -0.39 is 10.0 Å². The molecule has 0 heterocycles. The maximum atomic E-state index is 12.0. The number of hydrogen-bond donors (Lipinski definition) is 2. The monoisotopic (exact) mass is 288 g/mol. The van der Waals surface area contributed by atoms with Crippen molar-refractivity contribution in [3.63, 3.8) is 0 Å². The Balaban J connectivity index is 1.58. The molecule has 2 saturated carbocycles. The summed E-state index contributed by atoms with van der Waals surface area (Å²) in [6.07, 6.45) is 9.95. The minimum absolute atomic E-state index is 0.334. The highest BCUT2D eigenvalue weighted by molar-refractivity contribution is 7.90. The summed E-state index contributed by atoms with van der Waals surface area (Å²) in [5.41, 5.74) is 0. The Hall–Kier alpha value is -0.130. The first-order valence-corrected chi connectivity index (χ1v) is 9.34. The van der Waals surface area contributed by atoms with Gasteiger partial charge in [-0.1, -0.05) is 25.7 Å². The van der Waals surface area contributed by atoms with Crippen molar-refractivity contribution in [2.45, 2.75) is 69.6 Å². The van der Waals surface area contributed by atoms with Crippen LogP contribution in [0.1, 0.15) is 58.3 Å². The smallest absolute Gasteiger partial charge is 0.215 e.